The van der Waals surface area contributed by atoms with E-state index in [1.54, 1.807) is 6.07 Å². The van der Waals surface area contributed by atoms with E-state index in [0.29, 0.717) is 32.1 Å². The first kappa shape index (κ1) is 15.9. The SMILES string of the molecule is O=S(=O)(c1ccccc1F)N1CCN(C[C@@H]2CCOC2)CC1. The molecule has 0 N–H and O–H groups in total. The number of ether oxygens (including phenoxy) is 1. The number of sulfonamides is 1. The number of halogens is 1. The predicted octanol–water partition coefficient (Wildman–Crippen LogP) is 1.17. The van der Waals surface area contributed by atoms with Crippen molar-refractivity contribution in [2.45, 2.75) is 11.3 Å². The summed E-state index contributed by atoms with van der Waals surface area (Å²) in [5, 5.41) is 0. The van der Waals surface area contributed by atoms with Gasteiger partial charge in [0.05, 0.1) is 6.61 Å². The zero-order valence-corrected chi connectivity index (χ0v) is 13.3. The van der Waals surface area contributed by atoms with E-state index in [4.69, 9.17) is 4.74 Å². The van der Waals surface area contributed by atoms with Crippen molar-refractivity contribution in [1.82, 2.24) is 9.21 Å². The van der Waals surface area contributed by atoms with E-state index < -0.39 is 15.8 Å². The minimum Gasteiger partial charge on any atom is -0.381 e. The van der Waals surface area contributed by atoms with Crippen LogP contribution in [0.25, 0.3) is 0 Å². The Morgan fingerprint density at radius 1 is 1.18 bits per heavy atom. The third-order valence-electron chi connectivity index (χ3n) is 4.33. The van der Waals surface area contributed by atoms with Gasteiger partial charge in [-0.25, -0.2) is 12.8 Å². The summed E-state index contributed by atoms with van der Waals surface area (Å²) in [6.07, 6.45) is 1.08. The first-order valence-corrected chi connectivity index (χ1v) is 9.06. The molecule has 2 heterocycles. The van der Waals surface area contributed by atoms with Crippen LogP contribution < -0.4 is 0 Å². The summed E-state index contributed by atoms with van der Waals surface area (Å²) in [6.45, 7) is 4.76. The van der Waals surface area contributed by atoms with Gasteiger partial charge in [-0.1, -0.05) is 12.1 Å². The van der Waals surface area contributed by atoms with Crippen LogP contribution in [0.5, 0.6) is 0 Å². The number of rotatable bonds is 4. The van der Waals surface area contributed by atoms with Gasteiger partial charge in [0.15, 0.2) is 0 Å². The summed E-state index contributed by atoms with van der Waals surface area (Å²) in [6, 6.07) is 5.55. The molecular formula is C15H21FN2O3S. The van der Waals surface area contributed by atoms with Crippen LogP contribution in [-0.4, -0.2) is 63.6 Å². The van der Waals surface area contributed by atoms with Crippen LogP contribution in [-0.2, 0) is 14.8 Å². The lowest BCUT2D eigenvalue weighted by molar-refractivity contribution is 0.143. The summed E-state index contributed by atoms with van der Waals surface area (Å²) < 4.78 is 45.5. The Morgan fingerprint density at radius 3 is 2.55 bits per heavy atom. The van der Waals surface area contributed by atoms with E-state index in [2.05, 4.69) is 4.90 Å². The molecule has 5 nitrogen and oxygen atoms in total. The maximum Gasteiger partial charge on any atom is 0.246 e. The minimum atomic E-state index is -3.74. The van der Waals surface area contributed by atoms with Gasteiger partial charge < -0.3 is 9.64 Å². The average molecular weight is 328 g/mol. The van der Waals surface area contributed by atoms with Crippen LogP contribution in [0, 0.1) is 11.7 Å². The van der Waals surface area contributed by atoms with Gasteiger partial charge in [0.1, 0.15) is 10.7 Å². The lowest BCUT2D eigenvalue weighted by Gasteiger charge is -2.35. The van der Waals surface area contributed by atoms with Crippen LogP contribution in [0.2, 0.25) is 0 Å². The average Bonchev–Trinajstić information content (AvgIpc) is 3.01. The van der Waals surface area contributed by atoms with Gasteiger partial charge in [0.25, 0.3) is 0 Å². The van der Waals surface area contributed by atoms with E-state index in [0.717, 1.165) is 26.2 Å². The van der Waals surface area contributed by atoms with Gasteiger partial charge in [0.2, 0.25) is 10.0 Å². The molecule has 0 radical (unpaired) electrons. The van der Waals surface area contributed by atoms with Crippen LogP contribution in [0.1, 0.15) is 6.42 Å². The van der Waals surface area contributed by atoms with E-state index in [-0.39, 0.29) is 4.90 Å². The summed E-state index contributed by atoms with van der Waals surface area (Å²) in [4.78, 5) is 2.04. The van der Waals surface area contributed by atoms with Crippen molar-refractivity contribution in [1.29, 1.82) is 0 Å². The van der Waals surface area contributed by atoms with E-state index in [1.165, 1.54) is 22.5 Å². The van der Waals surface area contributed by atoms with Gasteiger partial charge in [-0.3, -0.25) is 0 Å². The Bertz CT molecular complexity index is 609. The molecule has 0 amide bonds. The quantitative estimate of drug-likeness (QED) is 0.832. The second-order valence-electron chi connectivity index (χ2n) is 5.86. The lowest BCUT2D eigenvalue weighted by atomic mass is 10.1. The number of nitrogens with zero attached hydrogens (tertiary/aromatic N) is 2. The van der Waals surface area contributed by atoms with Crippen molar-refractivity contribution < 1.29 is 17.5 Å². The van der Waals surface area contributed by atoms with E-state index >= 15 is 0 Å². The summed E-state index contributed by atoms with van der Waals surface area (Å²) in [5.41, 5.74) is 0. The molecule has 2 saturated heterocycles. The molecule has 1 aromatic carbocycles. The fourth-order valence-electron chi connectivity index (χ4n) is 3.04. The van der Waals surface area contributed by atoms with Crippen LogP contribution in [0.15, 0.2) is 29.2 Å². The zero-order chi connectivity index (χ0) is 15.6. The molecule has 1 aromatic rings. The molecule has 2 aliphatic heterocycles. The molecule has 2 aliphatic rings. The van der Waals surface area contributed by atoms with Crippen molar-refractivity contribution >= 4 is 10.0 Å². The third-order valence-corrected chi connectivity index (χ3v) is 6.26. The molecule has 3 rings (SSSR count). The van der Waals surface area contributed by atoms with Crippen LogP contribution in [0.4, 0.5) is 4.39 Å². The molecule has 0 aliphatic carbocycles. The Hall–Kier alpha value is -1.02. The molecular weight excluding hydrogens is 307 g/mol. The van der Waals surface area contributed by atoms with Gasteiger partial charge in [0, 0.05) is 39.3 Å². The highest BCUT2D eigenvalue weighted by molar-refractivity contribution is 7.89. The lowest BCUT2D eigenvalue weighted by Crippen LogP contribution is -2.49. The highest BCUT2D eigenvalue weighted by Gasteiger charge is 2.31. The summed E-state index contributed by atoms with van der Waals surface area (Å²) >= 11 is 0. The largest absolute Gasteiger partial charge is 0.381 e. The zero-order valence-electron chi connectivity index (χ0n) is 12.4. The van der Waals surface area contributed by atoms with E-state index in [1.807, 2.05) is 0 Å². The maximum atomic E-state index is 13.8. The first-order chi connectivity index (χ1) is 10.6. The van der Waals surface area contributed by atoms with Crippen molar-refractivity contribution in [2.75, 3.05) is 45.9 Å². The molecule has 0 spiro atoms. The monoisotopic (exact) mass is 328 g/mol. The molecule has 2 fully saturated rings. The second-order valence-corrected chi connectivity index (χ2v) is 7.77. The summed E-state index contributed by atoms with van der Waals surface area (Å²) in [5.74, 6) is -0.136. The predicted molar refractivity (Wildman–Crippen MR) is 80.5 cm³/mol. The van der Waals surface area contributed by atoms with Crippen molar-refractivity contribution in [3.63, 3.8) is 0 Å². The van der Waals surface area contributed by atoms with Crippen molar-refractivity contribution in [3.05, 3.63) is 30.1 Å². The number of benzene rings is 1. The van der Waals surface area contributed by atoms with Gasteiger partial charge in [-0.15, -0.1) is 0 Å². The molecule has 0 saturated carbocycles. The van der Waals surface area contributed by atoms with Gasteiger partial charge in [-0.2, -0.15) is 4.31 Å². The Morgan fingerprint density at radius 2 is 1.91 bits per heavy atom. The molecule has 0 unspecified atom stereocenters. The number of hydrogen-bond acceptors (Lipinski definition) is 4. The fourth-order valence-corrected chi connectivity index (χ4v) is 4.53. The van der Waals surface area contributed by atoms with Crippen LogP contribution >= 0.6 is 0 Å². The first-order valence-electron chi connectivity index (χ1n) is 7.62. The molecule has 1 atom stereocenters. The number of piperazine rings is 1. The van der Waals surface area contributed by atoms with Crippen molar-refractivity contribution in [3.8, 4) is 0 Å². The van der Waals surface area contributed by atoms with E-state index in [9.17, 15) is 12.8 Å². The highest BCUT2D eigenvalue weighted by Crippen LogP contribution is 2.21. The Labute approximate surface area is 130 Å². The normalized spacial score (nSPS) is 24.7. The molecule has 0 aromatic heterocycles. The minimum absolute atomic E-state index is 0.229. The molecule has 7 heteroatoms. The third kappa shape index (κ3) is 3.32. The maximum absolute atomic E-state index is 13.8. The molecule has 22 heavy (non-hydrogen) atoms. The second kappa shape index (κ2) is 6.62. The topological polar surface area (TPSA) is 49.9 Å². The van der Waals surface area contributed by atoms with Gasteiger partial charge >= 0.3 is 0 Å². The number of hydrogen-bond donors (Lipinski definition) is 0. The van der Waals surface area contributed by atoms with Crippen molar-refractivity contribution in [2.24, 2.45) is 5.92 Å². The van der Waals surface area contributed by atoms with Gasteiger partial charge in [-0.05, 0) is 24.5 Å². The standard InChI is InChI=1S/C15H21FN2O3S/c16-14-3-1-2-4-15(14)22(19,20)18-8-6-17(7-9-18)11-13-5-10-21-12-13/h1-4,13H,5-12H2/t13-/m0/s1. The Kier molecular flexibility index (Phi) is 4.77. The van der Waals surface area contributed by atoms with Crippen LogP contribution in [0.3, 0.4) is 0 Å². The highest BCUT2D eigenvalue weighted by atomic mass is 32.2. The summed E-state index contributed by atoms with van der Waals surface area (Å²) in [7, 11) is -3.74. The smallest absolute Gasteiger partial charge is 0.246 e. The fraction of sp³-hybridized carbons (Fsp3) is 0.600. The molecule has 0 bridgehead atoms. The molecule has 122 valence electrons. The Balaban J connectivity index is 1.62.